The largest absolute Gasteiger partial charge is 0.349 e. The molecule has 0 bridgehead atoms. The minimum Gasteiger partial charge on any atom is -0.349 e. The zero-order valence-corrected chi connectivity index (χ0v) is 22.6. The van der Waals surface area contributed by atoms with E-state index in [1.54, 1.807) is 6.07 Å². The highest BCUT2D eigenvalue weighted by Crippen LogP contribution is 2.34. The number of benzene rings is 2. The van der Waals surface area contributed by atoms with Crippen molar-refractivity contribution < 1.29 is 9.18 Å². The topological polar surface area (TPSA) is 73.9 Å². The van der Waals surface area contributed by atoms with E-state index in [0.717, 1.165) is 70.0 Å². The van der Waals surface area contributed by atoms with Crippen molar-refractivity contribution in [2.45, 2.75) is 54.4 Å². The number of fused-ring (bicyclic) bond motifs is 1. The molecule has 1 aliphatic heterocycles. The van der Waals surface area contributed by atoms with Gasteiger partial charge < -0.3 is 10.2 Å². The third kappa shape index (κ3) is 6.57. The Hall–Kier alpha value is -3.49. The number of nitrogens with one attached hydrogen (secondary N) is 2. The number of halogens is 1. The Balaban J connectivity index is 1.13. The Bertz CT molecular complexity index is 1510. The van der Waals surface area contributed by atoms with Gasteiger partial charge in [0.2, 0.25) is 0 Å². The Labute approximate surface area is 232 Å². The molecule has 4 aromatic rings. The number of aromatic amines is 1. The molecule has 0 spiro atoms. The SMILES string of the molecule is O=C(NC1CC1)c1cc(F)ccc1Sc1ccc2c(/C=C/c3cccc(CCCN4CCCC4)n3)n[nH]c2c1. The van der Waals surface area contributed by atoms with E-state index in [4.69, 9.17) is 4.98 Å². The molecule has 3 heterocycles. The van der Waals surface area contributed by atoms with Crippen LogP contribution in [0, 0.1) is 5.82 Å². The van der Waals surface area contributed by atoms with Gasteiger partial charge in [0.25, 0.3) is 5.91 Å². The van der Waals surface area contributed by atoms with Crippen molar-refractivity contribution in [1.29, 1.82) is 0 Å². The Kier molecular flexibility index (Phi) is 7.74. The highest BCUT2D eigenvalue weighted by atomic mass is 32.2. The molecule has 2 aliphatic rings. The van der Waals surface area contributed by atoms with Crippen molar-refractivity contribution in [3.8, 4) is 0 Å². The van der Waals surface area contributed by atoms with Gasteiger partial charge in [0.05, 0.1) is 22.5 Å². The summed E-state index contributed by atoms with van der Waals surface area (Å²) in [6.07, 6.45) is 10.7. The number of hydrogen-bond acceptors (Lipinski definition) is 5. The number of nitrogens with zero attached hydrogens (tertiary/aromatic N) is 3. The lowest BCUT2D eigenvalue weighted by atomic mass is 10.1. The van der Waals surface area contributed by atoms with Crippen LogP contribution in [0.2, 0.25) is 0 Å². The van der Waals surface area contributed by atoms with Gasteiger partial charge in [-0.15, -0.1) is 0 Å². The molecule has 1 aliphatic carbocycles. The summed E-state index contributed by atoms with van der Waals surface area (Å²) in [5, 5.41) is 11.6. The van der Waals surface area contributed by atoms with Crippen molar-refractivity contribution in [3.63, 3.8) is 0 Å². The van der Waals surface area contributed by atoms with Crippen LogP contribution in [0.3, 0.4) is 0 Å². The first-order valence-electron chi connectivity index (χ1n) is 13.7. The number of hydrogen-bond donors (Lipinski definition) is 2. The summed E-state index contributed by atoms with van der Waals surface area (Å²) in [6, 6.07) is 16.8. The van der Waals surface area contributed by atoms with Gasteiger partial charge in [-0.25, -0.2) is 4.39 Å². The maximum Gasteiger partial charge on any atom is 0.252 e. The number of aromatic nitrogens is 3. The first kappa shape index (κ1) is 25.8. The maximum absolute atomic E-state index is 13.9. The van der Waals surface area contributed by atoms with Gasteiger partial charge in [0, 0.05) is 26.9 Å². The molecule has 1 amide bonds. The molecule has 2 N–H and O–H groups in total. The van der Waals surface area contributed by atoms with Gasteiger partial charge in [0.15, 0.2) is 0 Å². The second-order valence-electron chi connectivity index (χ2n) is 10.3. The zero-order valence-electron chi connectivity index (χ0n) is 21.8. The molecule has 2 fully saturated rings. The van der Waals surface area contributed by atoms with Crippen molar-refractivity contribution in [2.75, 3.05) is 19.6 Å². The third-order valence-electron chi connectivity index (χ3n) is 7.24. The average molecular weight is 542 g/mol. The van der Waals surface area contributed by atoms with Gasteiger partial charge >= 0.3 is 0 Å². The van der Waals surface area contributed by atoms with E-state index < -0.39 is 5.82 Å². The molecular formula is C31H32FN5OS. The minimum absolute atomic E-state index is 0.212. The van der Waals surface area contributed by atoms with Gasteiger partial charge in [-0.05, 0) is 119 Å². The summed E-state index contributed by atoms with van der Waals surface area (Å²) >= 11 is 1.44. The Morgan fingerprint density at radius 3 is 2.82 bits per heavy atom. The predicted molar refractivity (Wildman–Crippen MR) is 154 cm³/mol. The second kappa shape index (κ2) is 11.7. The van der Waals surface area contributed by atoms with Crippen molar-refractivity contribution >= 4 is 40.7 Å². The first-order valence-corrected chi connectivity index (χ1v) is 14.6. The standard InChI is InChI=1S/C31H32FN5OS/c32-21-8-15-30(27(19-21)31(38)34-24-9-10-24)39-25-12-13-26-28(35-36-29(26)20-25)14-11-23-6-3-5-22(33-23)7-4-18-37-16-1-2-17-37/h3,5-6,8,11-15,19-20,24H,1-2,4,7,9-10,16-18H2,(H,34,38)(H,35,36)/b14-11+. The van der Waals surface area contributed by atoms with E-state index in [0.29, 0.717) is 5.56 Å². The van der Waals surface area contributed by atoms with E-state index in [1.165, 1.54) is 49.8 Å². The molecule has 0 unspecified atom stereocenters. The van der Waals surface area contributed by atoms with Crippen LogP contribution in [-0.4, -0.2) is 51.7 Å². The summed E-state index contributed by atoms with van der Waals surface area (Å²) in [5.74, 6) is -0.637. The lowest BCUT2D eigenvalue weighted by Crippen LogP contribution is -2.26. The van der Waals surface area contributed by atoms with Gasteiger partial charge in [-0.3, -0.25) is 14.9 Å². The molecule has 39 heavy (non-hydrogen) atoms. The average Bonchev–Trinajstić information content (AvgIpc) is 3.43. The van der Waals surface area contributed by atoms with Crippen molar-refractivity contribution in [2.24, 2.45) is 0 Å². The monoisotopic (exact) mass is 541 g/mol. The zero-order chi connectivity index (χ0) is 26.6. The third-order valence-corrected chi connectivity index (χ3v) is 8.30. The molecule has 8 heteroatoms. The number of likely N-dealkylation sites (tertiary alicyclic amines) is 1. The molecule has 1 saturated heterocycles. The van der Waals surface area contributed by atoms with E-state index in [1.807, 2.05) is 36.4 Å². The molecule has 200 valence electrons. The van der Waals surface area contributed by atoms with Crippen LogP contribution in [0.25, 0.3) is 23.1 Å². The first-order chi connectivity index (χ1) is 19.1. The Morgan fingerprint density at radius 1 is 1.10 bits per heavy atom. The molecule has 0 atom stereocenters. The molecule has 1 saturated carbocycles. The van der Waals surface area contributed by atoms with E-state index in [-0.39, 0.29) is 11.9 Å². The van der Waals surface area contributed by atoms with Crippen molar-refractivity contribution in [1.82, 2.24) is 25.4 Å². The quantitative estimate of drug-likeness (QED) is 0.245. The fraction of sp³-hybridized carbons (Fsp3) is 0.323. The smallest absolute Gasteiger partial charge is 0.252 e. The van der Waals surface area contributed by atoms with Gasteiger partial charge in [0.1, 0.15) is 5.82 Å². The highest BCUT2D eigenvalue weighted by molar-refractivity contribution is 7.99. The fourth-order valence-corrected chi connectivity index (χ4v) is 5.95. The lowest BCUT2D eigenvalue weighted by Gasteiger charge is -2.13. The van der Waals surface area contributed by atoms with Crippen LogP contribution >= 0.6 is 11.8 Å². The Morgan fingerprint density at radius 2 is 1.97 bits per heavy atom. The van der Waals surface area contributed by atoms with Gasteiger partial charge in [-0.2, -0.15) is 5.10 Å². The fourth-order valence-electron chi connectivity index (χ4n) is 4.98. The second-order valence-corrected chi connectivity index (χ2v) is 11.5. The number of H-pyrrole nitrogens is 1. The maximum atomic E-state index is 13.9. The molecule has 6 nitrogen and oxygen atoms in total. The van der Waals surface area contributed by atoms with Gasteiger partial charge in [-0.1, -0.05) is 17.8 Å². The number of amides is 1. The summed E-state index contributed by atoms with van der Waals surface area (Å²) in [6.45, 7) is 3.62. The van der Waals surface area contributed by atoms with E-state index in [2.05, 4.69) is 32.5 Å². The molecular weight excluding hydrogens is 509 g/mol. The van der Waals surface area contributed by atoms with Crippen LogP contribution in [-0.2, 0) is 6.42 Å². The number of carbonyl (C=O) groups is 1. The number of rotatable bonds is 10. The summed E-state index contributed by atoms with van der Waals surface area (Å²) in [7, 11) is 0. The minimum atomic E-state index is -0.414. The van der Waals surface area contributed by atoms with Crippen LogP contribution in [0.15, 0.2) is 64.4 Å². The van der Waals surface area contributed by atoms with Crippen LogP contribution in [0.4, 0.5) is 4.39 Å². The molecule has 6 rings (SSSR count). The predicted octanol–water partition coefficient (Wildman–Crippen LogP) is 6.34. The van der Waals surface area contributed by atoms with Crippen LogP contribution < -0.4 is 5.32 Å². The number of pyridine rings is 1. The summed E-state index contributed by atoms with van der Waals surface area (Å²) in [5.41, 5.74) is 4.15. The normalized spacial score (nSPS) is 15.9. The van der Waals surface area contributed by atoms with Crippen molar-refractivity contribution in [3.05, 3.63) is 83.1 Å². The summed E-state index contributed by atoms with van der Waals surface area (Å²) < 4.78 is 13.9. The number of aryl methyl sites for hydroxylation is 1. The summed E-state index contributed by atoms with van der Waals surface area (Å²) in [4.78, 5) is 21.7. The molecule has 0 radical (unpaired) electrons. The molecule has 2 aromatic heterocycles. The van der Waals surface area contributed by atoms with Crippen LogP contribution in [0.5, 0.6) is 0 Å². The van der Waals surface area contributed by atoms with Crippen LogP contribution in [0.1, 0.15) is 59.5 Å². The number of carbonyl (C=O) groups excluding carboxylic acids is 1. The van der Waals surface area contributed by atoms with E-state index >= 15 is 0 Å². The molecule has 2 aromatic carbocycles. The lowest BCUT2D eigenvalue weighted by molar-refractivity contribution is 0.0947. The van der Waals surface area contributed by atoms with E-state index in [9.17, 15) is 9.18 Å². The highest BCUT2D eigenvalue weighted by Gasteiger charge is 2.25.